The monoisotopic (exact) mass is 293 g/mol. The van der Waals surface area contributed by atoms with Crippen LogP contribution < -0.4 is 5.32 Å². The molecule has 3 rings (SSSR count). The summed E-state index contributed by atoms with van der Waals surface area (Å²) in [5.41, 5.74) is 2.13. The Morgan fingerprint density at radius 1 is 1.05 bits per heavy atom. The average molecular weight is 293 g/mol. The molecule has 0 aliphatic rings. The van der Waals surface area contributed by atoms with Crippen molar-refractivity contribution in [2.45, 2.75) is 0 Å². The zero-order chi connectivity index (χ0) is 14.5. The van der Waals surface area contributed by atoms with Gasteiger partial charge in [-0.15, -0.1) is 11.3 Å². The zero-order valence-electron chi connectivity index (χ0n) is 11.7. The Balaban J connectivity index is 1.69. The highest BCUT2D eigenvalue weighted by molar-refractivity contribution is 7.19. The van der Waals surface area contributed by atoms with Crippen LogP contribution in [0.15, 0.2) is 54.7 Å². The predicted molar refractivity (Wildman–Crippen MR) is 91.5 cm³/mol. The Morgan fingerprint density at radius 2 is 1.90 bits per heavy atom. The van der Waals surface area contributed by atoms with E-state index in [-0.39, 0.29) is 0 Å². The quantitative estimate of drug-likeness (QED) is 0.722. The molecule has 1 N–H and O–H groups in total. The molecule has 0 amide bonds. The van der Waals surface area contributed by atoms with Crippen LogP contribution in [0.3, 0.4) is 0 Å². The fourth-order valence-corrected chi connectivity index (χ4v) is 2.80. The number of para-hydroxylation sites is 1. The molecule has 0 saturated heterocycles. The molecule has 0 fully saturated rings. The van der Waals surface area contributed by atoms with Crippen molar-refractivity contribution in [1.82, 2.24) is 9.97 Å². The van der Waals surface area contributed by atoms with Gasteiger partial charge in [-0.1, -0.05) is 30.4 Å². The number of nitrogens with one attached hydrogen (secondary N) is 1. The van der Waals surface area contributed by atoms with Gasteiger partial charge in [0.2, 0.25) is 0 Å². The summed E-state index contributed by atoms with van der Waals surface area (Å²) < 4.78 is 1.22. The first-order chi connectivity index (χ1) is 10.3. The summed E-state index contributed by atoms with van der Waals surface area (Å²) in [6.07, 6.45) is 9.90. The lowest BCUT2D eigenvalue weighted by Gasteiger charge is -1.97. The predicted octanol–water partition coefficient (Wildman–Crippen LogP) is 4.46. The normalized spacial score (nSPS) is 11.7. The minimum absolute atomic E-state index is 0.872. The summed E-state index contributed by atoms with van der Waals surface area (Å²) in [4.78, 5) is 8.82. The van der Waals surface area contributed by atoms with Gasteiger partial charge in [-0.2, -0.15) is 0 Å². The van der Waals surface area contributed by atoms with Crippen molar-refractivity contribution in [3.05, 3.63) is 65.3 Å². The molecule has 0 radical (unpaired) electrons. The molecule has 2 aromatic heterocycles. The number of pyridine rings is 1. The van der Waals surface area contributed by atoms with E-state index in [0.29, 0.717) is 0 Å². The van der Waals surface area contributed by atoms with Gasteiger partial charge in [0, 0.05) is 13.2 Å². The van der Waals surface area contributed by atoms with Gasteiger partial charge < -0.3 is 5.32 Å². The first kappa shape index (κ1) is 13.5. The molecule has 2 heterocycles. The van der Waals surface area contributed by atoms with Crippen LogP contribution in [0.2, 0.25) is 0 Å². The summed E-state index contributed by atoms with van der Waals surface area (Å²) in [6, 6.07) is 12.2. The zero-order valence-corrected chi connectivity index (χ0v) is 12.5. The van der Waals surface area contributed by atoms with Crippen molar-refractivity contribution < 1.29 is 0 Å². The third kappa shape index (κ3) is 3.35. The molecule has 0 unspecified atom stereocenters. The molecule has 21 heavy (non-hydrogen) atoms. The van der Waals surface area contributed by atoms with Gasteiger partial charge >= 0.3 is 0 Å². The average Bonchev–Trinajstić information content (AvgIpc) is 2.95. The number of rotatable bonds is 4. The number of fused-ring (bicyclic) bond motifs is 1. The molecule has 0 atom stereocenters. The van der Waals surface area contributed by atoms with E-state index in [1.807, 2.05) is 67.9 Å². The van der Waals surface area contributed by atoms with Gasteiger partial charge in [0.25, 0.3) is 0 Å². The molecule has 3 nitrogen and oxygen atoms in total. The van der Waals surface area contributed by atoms with Crippen molar-refractivity contribution in [2.75, 3.05) is 12.4 Å². The van der Waals surface area contributed by atoms with Crippen LogP contribution >= 0.6 is 11.3 Å². The largest absolute Gasteiger partial charge is 0.373 e. The summed E-state index contributed by atoms with van der Waals surface area (Å²) in [5, 5.41) is 4.02. The highest BCUT2D eigenvalue weighted by Gasteiger charge is 1.98. The number of aromatic nitrogens is 2. The number of benzene rings is 1. The van der Waals surface area contributed by atoms with Crippen LogP contribution in [0.5, 0.6) is 0 Å². The number of allylic oxidation sites excluding steroid dienone is 2. The van der Waals surface area contributed by atoms with Crippen LogP contribution in [-0.4, -0.2) is 17.0 Å². The van der Waals surface area contributed by atoms with Gasteiger partial charge in [0.05, 0.1) is 10.2 Å². The first-order valence-corrected chi connectivity index (χ1v) is 7.51. The topological polar surface area (TPSA) is 37.8 Å². The minimum Gasteiger partial charge on any atom is -0.373 e. The van der Waals surface area contributed by atoms with Crippen molar-refractivity contribution >= 4 is 39.5 Å². The summed E-state index contributed by atoms with van der Waals surface area (Å²) >= 11 is 1.70. The highest BCUT2D eigenvalue weighted by Crippen LogP contribution is 2.22. The van der Waals surface area contributed by atoms with Crippen LogP contribution in [0.1, 0.15) is 10.6 Å². The molecule has 0 bridgehead atoms. The number of hydrogen-bond donors (Lipinski definition) is 1. The molecule has 0 aliphatic heterocycles. The third-order valence-electron chi connectivity index (χ3n) is 2.99. The molecule has 0 spiro atoms. The molecule has 104 valence electrons. The number of nitrogens with zero attached hydrogens (tertiary/aromatic N) is 2. The Morgan fingerprint density at radius 3 is 2.67 bits per heavy atom. The van der Waals surface area contributed by atoms with Crippen molar-refractivity contribution in [2.24, 2.45) is 0 Å². The van der Waals surface area contributed by atoms with E-state index in [1.54, 1.807) is 11.3 Å². The van der Waals surface area contributed by atoms with Crippen molar-refractivity contribution in [3.63, 3.8) is 0 Å². The fourth-order valence-electron chi connectivity index (χ4n) is 1.92. The lowest BCUT2D eigenvalue weighted by Crippen LogP contribution is -1.90. The lowest BCUT2D eigenvalue weighted by atomic mass is 10.2. The maximum absolute atomic E-state index is 4.56. The Labute approximate surface area is 127 Å². The van der Waals surface area contributed by atoms with E-state index < -0.39 is 0 Å². The number of thiazole rings is 1. The minimum atomic E-state index is 0.872. The second-order valence-electron chi connectivity index (χ2n) is 4.46. The van der Waals surface area contributed by atoms with Gasteiger partial charge in [0.15, 0.2) is 0 Å². The van der Waals surface area contributed by atoms with Crippen LogP contribution in [0.25, 0.3) is 22.4 Å². The van der Waals surface area contributed by atoms with Gasteiger partial charge in [-0.3, -0.25) is 0 Å². The molecule has 0 aliphatic carbocycles. The van der Waals surface area contributed by atoms with Crippen LogP contribution in [0, 0.1) is 0 Å². The maximum atomic E-state index is 4.56. The Bertz CT molecular complexity index is 752. The van der Waals surface area contributed by atoms with E-state index in [4.69, 9.17) is 0 Å². The second-order valence-corrected chi connectivity index (χ2v) is 5.53. The molecule has 4 heteroatoms. The van der Waals surface area contributed by atoms with E-state index in [9.17, 15) is 0 Å². The highest BCUT2D eigenvalue weighted by atomic mass is 32.1. The summed E-state index contributed by atoms with van der Waals surface area (Å²) in [5.74, 6) is 0.872. The fraction of sp³-hybridized carbons (Fsp3) is 0.0588. The number of hydrogen-bond acceptors (Lipinski definition) is 4. The van der Waals surface area contributed by atoms with E-state index in [0.717, 1.165) is 21.9 Å². The third-order valence-corrected chi connectivity index (χ3v) is 3.99. The van der Waals surface area contributed by atoms with Crippen molar-refractivity contribution in [1.29, 1.82) is 0 Å². The molecular weight excluding hydrogens is 278 g/mol. The van der Waals surface area contributed by atoms with Crippen molar-refractivity contribution in [3.8, 4) is 0 Å². The van der Waals surface area contributed by atoms with Crippen LogP contribution in [0.4, 0.5) is 5.82 Å². The summed E-state index contributed by atoms with van der Waals surface area (Å²) in [6.45, 7) is 0. The molecule has 0 saturated carbocycles. The second kappa shape index (κ2) is 6.33. The van der Waals surface area contributed by atoms with Gasteiger partial charge in [0.1, 0.15) is 10.8 Å². The maximum Gasteiger partial charge on any atom is 0.125 e. The van der Waals surface area contributed by atoms with E-state index >= 15 is 0 Å². The van der Waals surface area contributed by atoms with Gasteiger partial charge in [-0.25, -0.2) is 9.97 Å². The molecule has 1 aromatic carbocycles. The smallest absolute Gasteiger partial charge is 0.125 e. The van der Waals surface area contributed by atoms with Gasteiger partial charge in [-0.05, 0) is 35.9 Å². The summed E-state index contributed by atoms with van der Waals surface area (Å²) in [7, 11) is 1.86. The molecule has 3 aromatic rings. The number of anilines is 1. The standard InChI is InChI=1S/C17H15N3S/c1-18-16-11-10-13(12-19-16)6-2-5-9-17-20-14-7-3-4-8-15(14)21-17/h2-12H,1H3,(H,18,19)/b6-2+,9-5+. The van der Waals surface area contributed by atoms with E-state index in [1.165, 1.54) is 4.70 Å². The lowest BCUT2D eigenvalue weighted by molar-refractivity contribution is 1.28. The SMILES string of the molecule is CNc1ccc(/C=C/C=C/c2nc3ccccc3s2)cn1. The first-order valence-electron chi connectivity index (χ1n) is 6.69. The van der Waals surface area contributed by atoms with E-state index in [2.05, 4.69) is 21.4 Å². The Kier molecular flexibility index (Phi) is 4.07. The van der Waals surface area contributed by atoms with Crippen LogP contribution in [-0.2, 0) is 0 Å². The molecular formula is C17H15N3S. The Hall–Kier alpha value is -2.46.